The lowest BCUT2D eigenvalue weighted by Crippen LogP contribution is -2.06. The Morgan fingerprint density at radius 1 is 1.39 bits per heavy atom. The van der Waals surface area contributed by atoms with Crippen LogP contribution in [0.2, 0.25) is 5.02 Å². The number of aromatic nitrogens is 3. The van der Waals surface area contributed by atoms with Crippen LogP contribution in [0.3, 0.4) is 0 Å². The summed E-state index contributed by atoms with van der Waals surface area (Å²) in [5.41, 5.74) is 2.08. The van der Waals surface area contributed by atoms with Crippen molar-refractivity contribution in [3.05, 3.63) is 40.2 Å². The quantitative estimate of drug-likeness (QED) is 0.642. The summed E-state index contributed by atoms with van der Waals surface area (Å²) >= 11 is 5.04. The van der Waals surface area contributed by atoms with Gasteiger partial charge in [0.15, 0.2) is 0 Å². The number of hydrogen-bond donors (Lipinski definition) is 0. The van der Waals surface area contributed by atoms with E-state index in [4.69, 9.17) is 11.6 Å². The summed E-state index contributed by atoms with van der Waals surface area (Å²) in [6.07, 6.45) is 5.97. The minimum atomic E-state index is -1.16. The minimum Gasteiger partial charge on any atom is -0.609 e. The molecule has 0 saturated carbocycles. The molecule has 0 spiro atoms. The van der Waals surface area contributed by atoms with E-state index in [2.05, 4.69) is 10.2 Å². The van der Waals surface area contributed by atoms with E-state index in [0.717, 1.165) is 17.0 Å². The largest absolute Gasteiger partial charge is 0.609 e. The molecule has 0 amide bonds. The van der Waals surface area contributed by atoms with Gasteiger partial charge in [0.05, 0.1) is 0 Å². The van der Waals surface area contributed by atoms with Gasteiger partial charge in [0, 0.05) is 28.8 Å². The van der Waals surface area contributed by atoms with Gasteiger partial charge >= 0.3 is 5.16 Å². The highest BCUT2D eigenvalue weighted by molar-refractivity contribution is 7.90. The lowest BCUT2D eigenvalue weighted by Gasteiger charge is -2.05. The number of rotatable bonds is 1. The number of hydrogen-bond acceptors (Lipinski definition) is 3. The average molecular weight is 280 g/mol. The molecule has 2 aromatic rings. The van der Waals surface area contributed by atoms with Gasteiger partial charge in [-0.05, 0) is 23.3 Å². The molecule has 6 heteroatoms. The number of benzene rings is 1. The Balaban J connectivity index is 2.16. The Morgan fingerprint density at radius 3 is 3.00 bits per heavy atom. The third-order valence-corrected chi connectivity index (χ3v) is 4.03. The third-order valence-electron chi connectivity index (χ3n) is 2.89. The zero-order chi connectivity index (χ0) is 12.7. The number of halogens is 1. The Hall–Kier alpha value is -1.30. The highest BCUT2D eigenvalue weighted by atomic mass is 35.5. The van der Waals surface area contributed by atoms with E-state index in [1.807, 2.05) is 30.5 Å². The summed E-state index contributed by atoms with van der Waals surface area (Å²) in [4.78, 5) is 0. The normalized spacial score (nSPS) is 14.8. The molecule has 0 fully saturated rings. The van der Waals surface area contributed by atoms with Gasteiger partial charge in [-0.3, -0.25) is 0 Å². The predicted octanol–water partition coefficient (Wildman–Crippen LogP) is 2.20. The van der Waals surface area contributed by atoms with Crippen LogP contribution < -0.4 is 0 Å². The molecule has 1 aliphatic heterocycles. The summed E-state index contributed by atoms with van der Waals surface area (Å²) in [6, 6.07) is 5.77. The van der Waals surface area contributed by atoms with E-state index >= 15 is 0 Å². The predicted molar refractivity (Wildman–Crippen MR) is 71.8 cm³/mol. The van der Waals surface area contributed by atoms with Crippen molar-refractivity contribution in [3.63, 3.8) is 0 Å². The molecule has 1 aromatic heterocycles. The van der Waals surface area contributed by atoms with Crippen LogP contribution in [0.15, 0.2) is 23.4 Å². The monoisotopic (exact) mass is 279 g/mol. The lowest BCUT2D eigenvalue weighted by molar-refractivity contribution is 0.589. The average Bonchev–Trinajstić information content (AvgIpc) is 2.64. The zero-order valence-corrected chi connectivity index (χ0v) is 11.2. The molecule has 1 aromatic carbocycles. The van der Waals surface area contributed by atoms with Crippen molar-refractivity contribution in [2.75, 3.05) is 6.26 Å². The molecule has 92 valence electrons. The van der Waals surface area contributed by atoms with Crippen LogP contribution in [0.25, 0.3) is 12.3 Å². The van der Waals surface area contributed by atoms with Gasteiger partial charge in [-0.1, -0.05) is 28.8 Å². The fourth-order valence-corrected chi connectivity index (χ4v) is 2.85. The van der Waals surface area contributed by atoms with Crippen molar-refractivity contribution in [2.45, 2.75) is 11.6 Å². The number of fused-ring (bicyclic) bond motifs is 2. The van der Waals surface area contributed by atoms with E-state index in [9.17, 15) is 4.55 Å². The van der Waals surface area contributed by atoms with Crippen molar-refractivity contribution in [3.8, 4) is 0 Å². The lowest BCUT2D eigenvalue weighted by atomic mass is 10.1. The van der Waals surface area contributed by atoms with E-state index < -0.39 is 11.2 Å². The highest BCUT2D eigenvalue weighted by Crippen LogP contribution is 2.27. The van der Waals surface area contributed by atoms with Crippen LogP contribution >= 0.6 is 11.6 Å². The molecule has 1 aliphatic rings. The molecule has 18 heavy (non-hydrogen) atoms. The Labute approximate surface area is 112 Å². The first-order valence-corrected chi connectivity index (χ1v) is 7.33. The Kier molecular flexibility index (Phi) is 2.89. The first kappa shape index (κ1) is 11.8. The molecule has 1 unspecified atom stereocenters. The number of nitrogens with zero attached hydrogens (tertiary/aromatic N) is 3. The van der Waals surface area contributed by atoms with E-state index in [1.54, 1.807) is 10.8 Å². The molecule has 0 bridgehead atoms. The maximum absolute atomic E-state index is 11.6. The molecule has 2 heterocycles. The van der Waals surface area contributed by atoms with Crippen molar-refractivity contribution < 1.29 is 4.55 Å². The molecule has 0 N–H and O–H groups in total. The van der Waals surface area contributed by atoms with Crippen LogP contribution in [0.4, 0.5) is 0 Å². The van der Waals surface area contributed by atoms with Crippen LogP contribution in [-0.4, -0.2) is 25.6 Å². The van der Waals surface area contributed by atoms with Crippen LogP contribution in [-0.2, 0) is 17.6 Å². The second-order valence-electron chi connectivity index (χ2n) is 4.02. The highest BCUT2D eigenvalue weighted by Gasteiger charge is 2.21. The maximum atomic E-state index is 11.6. The van der Waals surface area contributed by atoms with Gasteiger partial charge in [0.1, 0.15) is 12.1 Å². The van der Waals surface area contributed by atoms with Crippen LogP contribution in [0.1, 0.15) is 17.0 Å². The van der Waals surface area contributed by atoms with Crippen LogP contribution in [0, 0.1) is 0 Å². The first-order chi connectivity index (χ1) is 8.66. The van der Waals surface area contributed by atoms with Crippen molar-refractivity contribution in [1.82, 2.24) is 14.8 Å². The van der Waals surface area contributed by atoms with Gasteiger partial charge in [-0.2, -0.15) is 0 Å². The van der Waals surface area contributed by atoms with E-state index in [-0.39, 0.29) is 0 Å². The van der Waals surface area contributed by atoms with E-state index in [1.165, 1.54) is 0 Å². The fourth-order valence-electron chi connectivity index (χ4n) is 2.00. The standard InChI is InChI=1S/C12H10ClN3OS/c1-18(17)12-15-14-11-7-9-8(5-6-16(11)12)3-2-4-10(9)13/h2-6H,7H2,1H3. The smallest absolute Gasteiger partial charge is 0.347 e. The molecular weight excluding hydrogens is 270 g/mol. The molecule has 0 saturated heterocycles. The second kappa shape index (κ2) is 4.42. The second-order valence-corrected chi connectivity index (χ2v) is 5.70. The van der Waals surface area contributed by atoms with Gasteiger partial charge in [0.25, 0.3) is 0 Å². The topological polar surface area (TPSA) is 53.8 Å². The Morgan fingerprint density at radius 2 is 2.22 bits per heavy atom. The summed E-state index contributed by atoms with van der Waals surface area (Å²) in [6.45, 7) is 0. The molecular formula is C12H10ClN3OS. The molecule has 0 aliphatic carbocycles. The summed E-state index contributed by atoms with van der Waals surface area (Å²) in [5.74, 6) is 0.753. The summed E-state index contributed by atoms with van der Waals surface area (Å²) < 4.78 is 13.3. The van der Waals surface area contributed by atoms with Gasteiger partial charge in [-0.25, -0.2) is 4.57 Å². The Bertz CT molecular complexity index is 636. The molecule has 0 radical (unpaired) electrons. The molecule has 3 rings (SSSR count). The van der Waals surface area contributed by atoms with Crippen molar-refractivity contribution >= 4 is 35.1 Å². The fraction of sp³-hybridized carbons (Fsp3) is 0.167. The SMILES string of the molecule is C[S+]([O-])c1nnc2n1C=Cc1cccc(Cl)c1C2. The van der Waals surface area contributed by atoms with Crippen molar-refractivity contribution in [1.29, 1.82) is 0 Å². The van der Waals surface area contributed by atoms with Gasteiger partial charge in [-0.15, -0.1) is 5.10 Å². The zero-order valence-electron chi connectivity index (χ0n) is 9.63. The minimum absolute atomic E-state index is 0.463. The van der Waals surface area contributed by atoms with Gasteiger partial charge < -0.3 is 4.55 Å². The van der Waals surface area contributed by atoms with Crippen LogP contribution in [0.5, 0.6) is 0 Å². The first-order valence-electron chi connectivity index (χ1n) is 5.39. The third kappa shape index (κ3) is 1.84. The van der Waals surface area contributed by atoms with Gasteiger partial charge in [0.2, 0.25) is 0 Å². The van der Waals surface area contributed by atoms with Crippen molar-refractivity contribution in [2.24, 2.45) is 0 Å². The maximum Gasteiger partial charge on any atom is 0.347 e. The molecule has 4 nitrogen and oxygen atoms in total. The summed E-state index contributed by atoms with van der Waals surface area (Å²) in [7, 11) is 0. The van der Waals surface area contributed by atoms with E-state index in [0.29, 0.717) is 16.6 Å². The molecule has 1 atom stereocenters. The summed E-state index contributed by atoms with van der Waals surface area (Å²) in [5, 5.41) is 9.23.